The minimum absolute atomic E-state index is 0.101. The lowest BCUT2D eigenvalue weighted by Gasteiger charge is -2.57. The summed E-state index contributed by atoms with van der Waals surface area (Å²) in [6.45, 7) is 3.24. The average Bonchev–Trinajstić information content (AvgIpc) is 2.61. The Bertz CT molecular complexity index is 463. The van der Waals surface area contributed by atoms with Crippen LogP contribution in [-0.2, 0) is 19.1 Å². The normalized spacial score (nSPS) is 31.1. The molecule has 0 amide bonds. The van der Waals surface area contributed by atoms with Crippen LogP contribution < -0.4 is 0 Å². The minimum Gasteiger partial charge on any atom is -0.466 e. The fraction of sp³-hybridized carbons (Fsp3) is 0.913. The molecular weight excluding hydrogens is 340 g/mol. The fourth-order valence-electron chi connectivity index (χ4n) is 6.20. The van der Waals surface area contributed by atoms with Gasteiger partial charge in [0.15, 0.2) is 0 Å². The summed E-state index contributed by atoms with van der Waals surface area (Å²) < 4.78 is 10.7. The third kappa shape index (κ3) is 6.22. The highest BCUT2D eigenvalue weighted by molar-refractivity contribution is 5.70. The van der Waals surface area contributed by atoms with E-state index in [4.69, 9.17) is 9.47 Å². The third-order valence-electron chi connectivity index (χ3n) is 7.08. The van der Waals surface area contributed by atoms with Gasteiger partial charge < -0.3 is 9.47 Å². The van der Waals surface area contributed by atoms with Crippen molar-refractivity contribution in [1.82, 2.24) is 0 Å². The van der Waals surface area contributed by atoms with E-state index in [0.717, 1.165) is 43.4 Å². The lowest BCUT2D eigenvalue weighted by atomic mass is 9.49. The first-order chi connectivity index (χ1) is 13.1. The standard InChI is InChI=1S/C23H38O4/c1-2-3-6-10-26-21(24)7-4-5-8-22(25)27-11-9-23-15-18-12-19(16-23)14-20(13-18)17-23/h18-20H,2-17H2,1H3. The van der Waals surface area contributed by atoms with Gasteiger partial charge in [0.05, 0.1) is 13.2 Å². The number of esters is 2. The van der Waals surface area contributed by atoms with Crippen LogP contribution in [-0.4, -0.2) is 25.2 Å². The maximum atomic E-state index is 12.0. The summed E-state index contributed by atoms with van der Waals surface area (Å²) in [4.78, 5) is 23.6. The van der Waals surface area contributed by atoms with Gasteiger partial charge in [-0.15, -0.1) is 0 Å². The van der Waals surface area contributed by atoms with Gasteiger partial charge >= 0.3 is 11.9 Å². The highest BCUT2D eigenvalue weighted by Crippen LogP contribution is 2.61. The summed E-state index contributed by atoms with van der Waals surface area (Å²) in [5.41, 5.74) is 0.483. The van der Waals surface area contributed by atoms with Crippen LogP contribution >= 0.6 is 0 Å². The highest BCUT2D eigenvalue weighted by atomic mass is 16.5. The Labute approximate surface area is 164 Å². The Morgan fingerprint density at radius 1 is 0.778 bits per heavy atom. The molecule has 0 aromatic rings. The second kappa shape index (κ2) is 9.93. The second-order valence-corrected chi connectivity index (χ2v) is 9.52. The predicted octanol–water partition coefficient (Wildman–Crippen LogP) is 5.43. The minimum atomic E-state index is -0.138. The van der Waals surface area contributed by atoms with Crippen LogP contribution in [0.3, 0.4) is 0 Å². The first kappa shape index (κ1) is 20.7. The average molecular weight is 379 g/mol. The number of hydrogen-bond donors (Lipinski definition) is 0. The Kier molecular flexibility index (Phi) is 7.60. The lowest BCUT2D eigenvalue weighted by molar-refractivity contribution is -0.147. The number of unbranched alkanes of at least 4 members (excludes halogenated alkanes) is 3. The molecule has 0 unspecified atom stereocenters. The molecule has 27 heavy (non-hydrogen) atoms. The molecule has 4 heteroatoms. The summed E-state index contributed by atoms with van der Waals surface area (Å²) in [5, 5.41) is 0. The molecule has 0 saturated heterocycles. The van der Waals surface area contributed by atoms with E-state index < -0.39 is 0 Å². The molecule has 4 rings (SSSR count). The van der Waals surface area contributed by atoms with E-state index in [-0.39, 0.29) is 11.9 Å². The Hall–Kier alpha value is -1.06. The zero-order chi connectivity index (χ0) is 19.1. The van der Waals surface area contributed by atoms with Gasteiger partial charge in [-0.05, 0) is 87.4 Å². The molecule has 0 N–H and O–H groups in total. The van der Waals surface area contributed by atoms with E-state index in [0.29, 0.717) is 44.3 Å². The van der Waals surface area contributed by atoms with E-state index >= 15 is 0 Å². The van der Waals surface area contributed by atoms with Gasteiger partial charge in [0.1, 0.15) is 0 Å². The Balaban J connectivity index is 1.22. The number of rotatable bonds is 12. The Morgan fingerprint density at radius 2 is 1.30 bits per heavy atom. The van der Waals surface area contributed by atoms with Crippen LogP contribution in [0.5, 0.6) is 0 Å². The van der Waals surface area contributed by atoms with E-state index in [2.05, 4.69) is 6.92 Å². The van der Waals surface area contributed by atoms with Crippen LogP contribution in [0.2, 0.25) is 0 Å². The van der Waals surface area contributed by atoms with Gasteiger partial charge in [0, 0.05) is 12.8 Å². The molecule has 4 nitrogen and oxygen atoms in total. The van der Waals surface area contributed by atoms with Crippen LogP contribution in [0.15, 0.2) is 0 Å². The van der Waals surface area contributed by atoms with Crippen molar-refractivity contribution >= 4 is 11.9 Å². The zero-order valence-corrected chi connectivity index (χ0v) is 17.2. The van der Waals surface area contributed by atoms with E-state index in [1.54, 1.807) is 0 Å². The summed E-state index contributed by atoms with van der Waals surface area (Å²) >= 11 is 0. The molecule has 4 aliphatic rings. The molecular formula is C23H38O4. The quantitative estimate of drug-likeness (QED) is 0.336. The molecule has 0 spiro atoms. The van der Waals surface area contributed by atoms with Crippen LogP contribution in [0.1, 0.15) is 96.8 Å². The first-order valence-electron chi connectivity index (χ1n) is 11.4. The van der Waals surface area contributed by atoms with Gasteiger partial charge in [-0.1, -0.05) is 19.8 Å². The smallest absolute Gasteiger partial charge is 0.305 e. The molecule has 0 aliphatic heterocycles. The van der Waals surface area contributed by atoms with Gasteiger partial charge in [-0.3, -0.25) is 9.59 Å². The van der Waals surface area contributed by atoms with Crippen molar-refractivity contribution in [2.24, 2.45) is 23.2 Å². The number of ether oxygens (including phenoxy) is 2. The number of carbonyl (C=O) groups is 2. The molecule has 4 fully saturated rings. The molecule has 4 bridgehead atoms. The molecule has 4 aliphatic carbocycles. The fourth-order valence-corrected chi connectivity index (χ4v) is 6.20. The van der Waals surface area contributed by atoms with Crippen molar-refractivity contribution < 1.29 is 19.1 Å². The van der Waals surface area contributed by atoms with Gasteiger partial charge in [0.2, 0.25) is 0 Å². The monoisotopic (exact) mass is 378 g/mol. The Morgan fingerprint density at radius 3 is 1.81 bits per heavy atom. The summed E-state index contributed by atoms with van der Waals surface area (Å²) in [6.07, 6.45) is 15.0. The van der Waals surface area contributed by atoms with Crippen LogP contribution in [0.4, 0.5) is 0 Å². The maximum Gasteiger partial charge on any atom is 0.305 e. The van der Waals surface area contributed by atoms with E-state index in [1.807, 2.05) is 0 Å². The predicted molar refractivity (Wildman–Crippen MR) is 105 cm³/mol. The van der Waals surface area contributed by atoms with Gasteiger partial charge in [0.25, 0.3) is 0 Å². The van der Waals surface area contributed by atoms with Crippen molar-refractivity contribution in [3.63, 3.8) is 0 Å². The lowest BCUT2D eigenvalue weighted by Crippen LogP contribution is -2.46. The third-order valence-corrected chi connectivity index (χ3v) is 7.08. The van der Waals surface area contributed by atoms with Crippen LogP contribution in [0, 0.1) is 23.2 Å². The molecule has 4 saturated carbocycles. The van der Waals surface area contributed by atoms with Crippen molar-refractivity contribution in [1.29, 1.82) is 0 Å². The zero-order valence-electron chi connectivity index (χ0n) is 17.2. The summed E-state index contributed by atoms with van der Waals surface area (Å²) in [5.74, 6) is 2.62. The molecule has 0 heterocycles. The summed E-state index contributed by atoms with van der Waals surface area (Å²) in [7, 11) is 0. The van der Waals surface area contributed by atoms with E-state index in [9.17, 15) is 9.59 Å². The molecule has 0 aromatic heterocycles. The highest BCUT2D eigenvalue weighted by Gasteiger charge is 2.50. The topological polar surface area (TPSA) is 52.6 Å². The molecule has 0 radical (unpaired) electrons. The van der Waals surface area contributed by atoms with Crippen molar-refractivity contribution in [3.05, 3.63) is 0 Å². The summed E-state index contributed by atoms with van der Waals surface area (Å²) in [6, 6.07) is 0. The maximum absolute atomic E-state index is 12.0. The molecule has 154 valence electrons. The number of carbonyl (C=O) groups excluding carboxylic acids is 2. The number of hydrogen-bond acceptors (Lipinski definition) is 4. The largest absolute Gasteiger partial charge is 0.466 e. The second-order valence-electron chi connectivity index (χ2n) is 9.52. The van der Waals surface area contributed by atoms with E-state index in [1.165, 1.54) is 38.5 Å². The van der Waals surface area contributed by atoms with Gasteiger partial charge in [-0.2, -0.15) is 0 Å². The first-order valence-corrected chi connectivity index (χ1v) is 11.4. The van der Waals surface area contributed by atoms with Crippen LogP contribution in [0.25, 0.3) is 0 Å². The van der Waals surface area contributed by atoms with Crippen molar-refractivity contribution in [2.45, 2.75) is 96.8 Å². The SMILES string of the molecule is CCCCCOC(=O)CCCCC(=O)OCCC12CC3CC(CC(C3)C1)C2. The van der Waals surface area contributed by atoms with Crippen molar-refractivity contribution in [3.8, 4) is 0 Å². The molecule has 0 aromatic carbocycles. The van der Waals surface area contributed by atoms with Gasteiger partial charge in [-0.25, -0.2) is 0 Å². The molecule has 0 atom stereocenters. The van der Waals surface area contributed by atoms with Crippen molar-refractivity contribution in [2.75, 3.05) is 13.2 Å².